The lowest BCUT2D eigenvalue weighted by molar-refractivity contribution is -0.138. The van der Waals surface area contributed by atoms with Crippen molar-refractivity contribution in [3.63, 3.8) is 0 Å². The van der Waals surface area contributed by atoms with E-state index in [4.69, 9.17) is 10.5 Å². The number of aliphatic hydroxyl groups excluding tert-OH is 1. The zero-order valence-electron chi connectivity index (χ0n) is 17.2. The third-order valence-electron chi connectivity index (χ3n) is 4.85. The molecule has 0 radical (unpaired) electrons. The highest BCUT2D eigenvalue weighted by molar-refractivity contribution is 7.14. The van der Waals surface area contributed by atoms with Crippen molar-refractivity contribution in [1.82, 2.24) is 10.2 Å². The second kappa shape index (κ2) is 9.33. The average molecular weight is 452 g/mol. The summed E-state index contributed by atoms with van der Waals surface area (Å²) in [6, 6.07) is 11.7. The highest BCUT2D eigenvalue weighted by atomic mass is 32.1. The predicted octanol–water partition coefficient (Wildman–Crippen LogP) is 4.57. The van der Waals surface area contributed by atoms with E-state index in [9.17, 15) is 18.3 Å². The van der Waals surface area contributed by atoms with Crippen molar-refractivity contribution in [1.29, 1.82) is 0 Å². The van der Waals surface area contributed by atoms with Gasteiger partial charge in [0, 0.05) is 12.0 Å². The van der Waals surface area contributed by atoms with Gasteiger partial charge < -0.3 is 15.6 Å². The van der Waals surface area contributed by atoms with Crippen molar-refractivity contribution in [3.8, 4) is 16.3 Å². The molecule has 3 rings (SSSR count). The van der Waals surface area contributed by atoms with Crippen LogP contribution in [0.5, 0.6) is 5.75 Å². The summed E-state index contributed by atoms with van der Waals surface area (Å²) in [5, 5.41) is 17.8. The van der Waals surface area contributed by atoms with Crippen LogP contribution in [-0.2, 0) is 24.6 Å². The van der Waals surface area contributed by atoms with Gasteiger partial charge in [0.1, 0.15) is 15.8 Å². The molecule has 9 heteroatoms. The monoisotopic (exact) mass is 451 g/mol. The molecule has 5 nitrogen and oxygen atoms in total. The molecule has 1 aromatic heterocycles. The minimum atomic E-state index is -4.59. The lowest BCUT2D eigenvalue weighted by atomic mass is 10.1. The van der Waals surface area contributed by atoms with Gasteiger partial charge in [-0.05, 0) is 42.7 Å². The number of alkyl halides is 3. The lowest BCUT2D eigenvalue weighted by Crippen LogP contribution is -2.36. The maximum absolute atomic E-state index is 13.7. The fourth-order valence-corrected chi connectivity index (χ4v) is 3.76. The molecule has 3 aromatic rings. The van der Waals surface area contributed by atoms with E-state index in [-0.39, 0.29) is 29.5 Å². The standard InChI is InChI=1S/C22H24F3N3O2S/c1-3-14-4-6-15(7-5-14)10-11-30-18-9-8-16(12-17(18)22(23,24)25)19-27-28-20(31-19)21(2,26)13-29/h4-9,12,29H,3,10-11,13,26H2,1-2H3/t21-/m0/s1. The number of aryl methyl sites for hydroxylation is 1. The summed E-state index contributed by atoms with van der Waals surface area (Å²) in [5.41, 5.74) is 6.40. The molecule has 3 N–H and O–H groups in total. The van der Waals surface area contributed by atoms with Crippen molar-refractivity contribution < 1.29 is 23.0 Å². The number of benzene rings is 2. The van der Waals surface area contributed by atoms with Crippen LogP contribution in [0.15, 0.2) is 42.5 Å². The quantitative estimate of drug-likeness (QED) is 0.524. The Morgan fingerprint density at radius 2 is 1.74 bits per heavy atom. The number of halogens is 3. The van der Waals surface area contributed by atoms with Gasteiger partial charge in [0.2, 0.25) is 0 Å². The second-order valence-electron chi connectivity index (χ2n) is 7.47. The van der Waals surface area contributed by atoms with Crippen LogP contribution in [-0.4, -0.2) is 28.5 Å². The summed E-state index contributed by atoms with van der Waals surface area (Å²) in [7, 11) is 0. The fraction of sp³-hybridized carbons (Fsp3) is 0.364. The molecule has 0 aliphatic rings. The molecule has 166 valence electrons. The van der Waals surface area contributed by atoms with E-state index in [1.165, 1.54) is 17.7 Å². The van der Waals surface area contributed by atoms with Crippen LogP contribution in [0.2, 0.25) is 0 Å². The molecule has 0 amide bonds. The van der Waals surface area contributed by atoms with Crippen molar-refractivity contribution >= 4 is 11.3 Å². The first-order valence-corrected chi connectivity index (χ1v) is 10.6. The average Bonchev–Trinajstić information content (AvgIpc) is 3.25. The summed E-state index contributed by atoms with van der Waals surface area (Å²) in [4.78, 5) is 0. The normalized spacial score (nSPS) is 13.8. The molecule has 1 atom stereocenters. The summed E-state index contributed by atoms with van der Waals surface area (Å²) < 4.78 is 46.5. The van der Waals surface area contributed by atoms with E-state index in [2.05, 4.69) is 17.1 Å². The van der Waals surface area contributed by atoms with Crippen LogP contribution in [0.25, 0.3) is 10.6 Å². The molecular weight excluding hydrogens is 427 g/mol. The zero-order valence-corrected chi connectivity index (χ0v) is 18.1. The number of rotatable bonds is 8. The van der Waals surface area contributed by atoms with E-state index in [1.54, 1.807) is 6.92 Å². The molecular formula is C22H24F3N3O2S. The molecule has 0 saturated carbocycles. The molecule has 0 bridgehead atoms. The fourth-order valence-electron chi connectivity index (χ4n) is 2.87. The van der Waals surface area contributed by atoms with Gasteiger partial charge in [-0.1, -0.05) is 42.5 Å². The van der Waals surface area contributed by atoms with Crippen LogP contribution < -0.4 is 10.5 Å². The van der Waals surface area contributed by atoms with Crippen molar-refractivity contribution in [2.45, 2.75) is 38.4 Å². The number of hydrogen-bond donors (Lipinski definition) is 2. The number of nitrogens with zero attached hydrogens (tertiary/aromatic N) is 2. The summed E-state index contributed by atoms with van der Waals surface area (Å²) >= 11 is 1.05. The van der Waals surface area contributed by atoms with E-state index in [0.717, 1.165) is 29.4 Å². The topological polar surface area (TPSA) is 81.3 Å². The van der Waals surface area contributed by atoms with Crippen LogP contribution in [0.3, 0.4) is 0 Å². The summed E-state index contributed by atoms with van der Waals surface area (Å²) in [6.07, 6.45) is -3.16. The van der Waals surface area contributed by atoms with Crippen LogP contribution in [0.4, 0.5) is 13.2 Å². The number of aromatic nitrogens is 2. The Balaban J connectivity index is 1.78. The molecule has 2 aromatic carbocycles. The molecule has 0 saturated heterocycles. The Morgan fingerprint density at radius 3 is 2.35 bits per heavy atom. The number of ether oxygens (including phenoxy) is 1. The van der Waals surface area contributed by atoms with Gasteiger partial charge in [0.15, 0.2) is 0 Å². The molecule has 31 heavy (non-hydrogen) atoms. The van der Waals surface area contributed by atoms with Gasteiger partial charge >= 0.3 is 6.18 Å². The Kier molecular flexibility index (Phi) is 6.98. The van der Waals surface area contributed by atoms with Gasteiger partial charge in [0.05, 0.1) is 24.3 Å². The number of hydrogen-bond acceptors (Lipinski definition) is 6. The van der Waals surface area contributed by atoms with Gasteiger partial charge in [0.25, 0.3) is 0 Å². The van der Waals surface area contributed by atoms with Crippen molar-refractivity contribution in [2.75, 3.05) is 13.2 Å². The minimum Gasteiger partial charge on any atom is -0.493 e. The molecule has 1 heterocycles. The van der Waals surface area contributed by atoms with Gasteiger partial charge in [-0.15, -0.1) is 10.2 Å². The Morgan fingerprint density at radius 1 is 1.06 bits per heavy atom. The summed E-state index contributed by atoms with van der Waals surface area (Å²) in [6.45, 7) is 3.40. The SMILES string of the molecule is CCc1ccc(CCOc2ccc(-c3nnc([C@@](C)(N)CO)s3)cc2C(F)(F)F)cc1. The van der Waals surface area contributed by atoms with E-state index in [0.29, 0.717) is 11.4 Å². The largest absolute Gasteiger partial charge is 0.493 e. The maximum Gasteiger partial charge on any atom is 0.419 e. The number of aliphatic hydroxyl groups is 1. The van der Waals surface area contributed by atoms with E-state index in [1.807, 2.05) is 24.3 Å². The Bertz CT molecular complexity index is 1020. The van der Waals surface area contributed by atoms with Crippen molar-refractivity contribution in [2.24, 2.45) is 5.73 Å². The first kappa shape index (κ1) is 23.2. The third kappa shape index (κ3) is 5.61. The molecule has 0 fully saturated rings. The number of nitrogens with two attached hydrogens (primary N) is 1. The van der Waals surface area contributed by atoms with E-state index >= 15 is 0 Å². The highest BCUT2D eigenvalue weighted by Crippen LogP contribution is 2.39. The van der Waals surface area contributed by atoms with Crippen molar-refractivity contribution in [3.05, 3.63) is 64.2 Å². The molecule has 0 unspecified atom stereocenters. The van der Waals surface area contributed by atoms with Gasteiger partial charge in [-0.25, -0.2) is 0 Å². The first-order valence-electron chi connectivity index (χ1n) is 9.80. The first-order chi connectivity index (χ1) is 14.6. The Labute approximate surface area is 182 Å². The molecule has 0 aliphatic heterocycles. The summed E-state index contributed by atoms with van der Waals surface area (Å²) in [5.74, 6) is -0.231. The lowest BCUT2D eigenvalue weighted by Gasteiger charge is -2.17. The van der Waals surface area contributed by atoms with Crippen LogP contribution >= 0.6 is 11.3 Å². The molecule has 0 aliphatic carbocycles. The van der Waals surface area contributed by atoms with Gasteiger partial charge in [-0.2, -0.15) is 13.2 Å². The molecule has 0 spiro atoms. The van der Waals surface area contributed by atoms with E-state index < -0.39 is 17.3 Å². The minimum absolute atomic E-state index is 0.124. The third-order valence-corrected chi connectivity index (χ3v) is 6.11. The zero-order chi connectivity index (χ0) is 22.6. The smallest absolute Gasteiger partial charge is 0.419 e. The predicted molar refractivity (Wildman–Crippen MR) is 114 cm³/mol. The highest BCUT2D eigenvalue weighted by Gasteiger charge is 2.35. The Hall–Kier alpha value is -2.49. The maximum atomic E-state index is 13.7. The van der Waals surface area contributed by atoms with Crippen LogP contribution in [0, 0.1) is 0 Å². The second-order valence-corrected chi connectivity index (χ2v) is 8.44. The van der Waals surface area contributed by atoms with Gasteiger partial charge in [-0.3, -0.25) is 0 Å². The van der Waals surface area contributed by atoms with Crippen LogP contribution in [0.1, 0.15) is 35.5 Å².